The van der Waals surface area contributed by atoms with Gasteiger partial charge in [0.15, 0.2) is 18.4 Å². The summed E-state index contributed by atoms with van der Waals surface area (Å²) in [5.41, 5.74) is 0.582. The Balaban J connectivity index is 0.938. The molecule has 8 aliphatic rings. The topological polar surface area (TPSA) is 196 Å². The third kappa shape index (κ3) is 10.5. The Morgan fingerprint density at radius 3 is 2.16 bits per heavy atom. The molecular formula is C56H75NO16. The van der Waals surface area contributed by atoms with Crippen LogP contribution in [0.1, 0.15) is 115 Å². The Bertz CT molecular complexity index is 2330. The summed E-state index contributed by atoms with van der Waals surface area (Å²) in [4.78, 5) is 46.8. The number of aliphatic hydroxyl groups excluding tert-OH is 1. The van der Waals surface area contributed by atoms with Gasteiger partial charge < -0.3 is 57.6 Å². The fourth-order valence-corrected chi connectivity index (χ4v) is 12.1. The number of esters is 1. The standard InChI is InChI=1S/C56H75NO16/c1-11-29(2)48-32(5)21-22-55(72-48)27-38-24-37(71-55)20-19-31(4)47(30(3)15-14-16-36-28-65-51-46(58)33(6)23-41(54(61)68-38)56(36,51)62)69-44-25-42(63-9)49(34(7)66-44)70-45-26-43(64-10)50(35(8)67-45)73-57-52(59)39-17-12-13-18-40(39)53(57)60/h12-19,21-23,29-30,32,34-35,37-38,41-51,58,62H,11,20,24-28H2,1-10H3/b15-14+,31-19+,36-16+/t29?,30-,32-,34-,35-,37+,38-,41-,42-,43-,44-,45-,46+,47-,48+,49-,50+,51+,55+,56+/m0/s1. The highest BCUT2D eigenvalue weighted by molar-refractivity contribution is 6.20. The largest absolute Gasteiger partial charge is 0.462 e. The second-order valence-corrected chi connectivity index (χ2v) is 21.5. The Hall–Kier alpha value is -3.95. The summed E-state index contributed by atoms with van der Waals surface area (Å²) in [5.74, 6) is -3.81. The van der Waals surface area contributed by atoms with Gasteiger partial charge in [-0.05, 0) is 75.0 Å². The quantitative estimate of drug-likeness (QED) is 0.144. The first-order valence-electron chi connectivity index (χ1n) is 26.2. The molecule has 1 aromatic carbocycles. The van der Waals surface area contributed by atoms with Crippen molar-refractivity contribution in [1.82, 2.24) is 5.06 Å². The predicted octanol–water partition coefficient (Wildman–Crippen LogP) is 6.61. The van der Waals surface area contributed by atoms with Crippen LogP contribution in [0.3, 0.4) is 0 Å². The molecule has 17 heteroatoms. The van der Waals surface area contributed by atoms with Gasteiger partial charge in [-0.25, -0.2) is 0 Å². The number of methoxy groups -OCH3 is 2. The van der Waals surface area contributed by atoms with Crippen molar-refractivity contribution < 1.29 is 76.8 Å². The molecule has 1 aromatic rings. The number of fused-ring (bicyclic) bond motifs is 3. The van der Waals surface area contributed by atoms with Crippen LogP contribution in [-0.4, -0.2) is 151 Å². The number of hydroxylamine groups is 2. The van der Waals surface area contributed by atoms with Gasteiger partial charge in [-0.15, -0.1) is 5.06 Å². The van der Waals surface area contributed by atoms with E-state index in [9.17, 15) is 24.6 Å². The normalized spacial score (nSPS) is 44.3. The Morgan fingerprint density at radius 1 is 0.836 bits per heavy atom. The van der Waals surface area contributed by atoms with Crippen LogP contribution in [0.15, 0.2) is 83.5 Å². The molecule has 1 aliphatic carbocycles. The molecule has 1 spiro atoms. The lowest BCUT2D eigenvalue weighted by Gasteiger charge is -2.48. The highest BCUT2D eigenvalue weighted by Crippen LogP contribution is 2.47. The van der Waals surface area contributed by atoms with Crippen LogP contribution in [0.25, 0.3) is 0 Å². The van der Waals surface area contributed by atoms with Crippen molar-refractivity contribution in [3.63, 3.8) is 0 Å². The second-order valence-electron chi connectivity index (χ2n) is 21.5. The molecule has 2 bridgehead atoms. The zero-order chi connectivity index (χ0) is 52.1. The Labute approximate surface area is 428 Å². The number of benzene rings is 1. The molecule has 2 N–H and O–H groups in total. The van der Waals surface area contributed by atoms with Crippen LogP contribution >= 0.6 is 0 Å². The maximum Gasteiger partial charge on any atom is 0.316 e. The molecule has 1 unspecified atom stereocenters. The third-order valence-corrected chi connectivity index (χ3v) is 16.5. The molecule has 7 heterocycles. The number of rotatable bonds is 10. The van der Waals surface area contributed by atoms with Gasteiger partial charge in [0.2, 0.25) is 0 Å². The summed E-state index contributed by atoms with van der Waals surface area (Å²) < 4.78 is 64.8. The predicted molar refractivity (Wildman–Crippen MR) is 263 cm³/mol. The van der Waals surface area contributed by atoms with E-state index < -0.39 is 115 Å². The van der Waals surface area contributed by atoms with Crippen LogP contribution in [0, 0.1) is 23.7 Å². The van der Waals surface area contributed by atoms with Gasteiger partial charge in [0, 0.05) is 51.7 Å². The van der Waals surface area contributed by atoms with E-state index in [0.717, 1.165) is 17.1 Å². The first-order chi connectivity index (χ1) is 34.9. The molecule has 7 aliphatic heterocycles. The minimum absolute atomic E-state index is 0.00753. The molecule has 9 rings (SSSR count). The van der Waals surface area contributed by atoms with Crippen molar-refractivity contribution in [2.45, 2.75) is 191 Å². The van der Waals surface area contributed by atoms with E-state index >= 15 is 0 Å². The van der Waals surface area contributed by atoms with Crippen molar-refractivity contribution in [3.05, 3.63) is 94.6 Å². The van der Waals surface area contributed by atoms with E-state index in [1.54, 1.807) is 57.4 Å². The van der Waals surface area contributed by atoms with E-state index in [2.05, 4.69) is 32.9 Å². The second kappa shape index (κ2) is 22.0. The number of amides is 2. The first kappa shape index (κ1) is 53.9. The van der Waals surface area contributed by atoms with Gasteiger partial charge >= 0.3 is 5.97 Å². The summed E-state index contributed by atoms with van der Waals surface area (Å²) in [6.45, 7) is 16.0. The van der Waals surface area contributed by atoms with Gasteiger partial charge in [0.1, 0.15) is 42.0 Å². The summed E-state index contributed by atoms with van der Waals surface area (Å²) >= 11 is 0. The third-order valence-electron chi connectivity index (χ3n) is 16.5. The molecule has 4 fully saturated rings. The molecule has 73 heavy (non-hydrogen) atoms. The van der Waals surface area contributed by atoms with E-state index in [-0.39, 0.29) is 54.4 Å². The molecular weight excluding hydrogens is 943 g/mol. The highest BCUT2D eigenvalue weighted by Gasteiger charge is 2.60. The highest BCUT2D eigenvalue weighted by atomic mass is 16.8. The van der Waals surface area contributed by atoms with Gasteiger partial charge in [-0.3, -0.25) is 19.2 Å². The monoisotopic (exact) mass is 1020 g/mol. The van der Waals surface area contributed by atoms with Crippen LogP contribution in [-0.2, 0) is 57.0 Å². The maximum absolute atomic E-state index is 14.4. The number of carbonyl (C=O) groups excluding carboxylic acids is 3. The number of carbonyl (C=O) groups is 3. The van der Waals surface area contributed by atoms with Gasteiger partial charge in [-0.1, -0.05) is 82.7 Å². The molecule has 0 radical (unpaired) electrons. The van der Waals surface area contributed by atoms with E-state index in [0.29, 0.717) is 30.4 Å². The number of aliphatic hydroxyl groups is 2. The number of hydrogen-bond acceptors (Lipinski definition) is 16. The lowest BCUT2D eigenvalue weighted by atomic mass is 9.71. The van der Waals surface area contributed by atoms with Crippen LogP contribution in [0.4, 0.5) is 0 Å². The van der Waals surface area contributed by atoms with Crippen LogP contribution < -0.4 is 0 Å². The fourth-order valence-electron chi connectivity index (χ4n) is 12.1. The van der Waals surface area contributed by atoms with Gasteiger partial charge in [0.25, 0.3) is 11.8 Å². The fraction of sp³-hybridized carbons (Fsp3) is 0.661. The average molecular weight is 1020 g/mol. The van der Waals surface area contributed by atoms with E-state index in [4.69, 9.17) is 52.2 Å². The lowest BCUT2D eigenvalue weighted by molar-refractivity contribution is -0.329. The Kier molecular flexibility index (Phi) is 16.2. The van der Waals surface area contributed by atoms with Gasteiger partial charge in [0.05, 0.1) is 60.5 Å². The summed E-state index contributed by atoms with van der Waals surface area (Å²) in [6.07, 6.45) is 7.08. The zero-order valence-electron chi connectivity index (χ0n) is 43.8. The molecule has 17 nitrogen and oxygen atoms in total. The maximum atomic E-state index is 14.4. The zero-order valence-corrected chi connectivity index (χ0v) is 43.8. The van der Waals surface area contributed by atoms with Gasteiger partial charge in [-0.2, -0.15) is 0 Å². The lowest BCUT2D eigenvalue weighted by Crippen LogP contribution is -2.58. The van der Waals surface area contributed by atoms with Crippen molar-refractivity contribution in [2.75, 3.05) is 20.8 Å². The molecule has 0 saturated carbocycles. The molecule has 0 aromatic heterocycles. The smallest absolute Gasteiger partial charge is 0.316 e. The number of hydrogen-bond donors (Lipinski definition) is 2. The minimum atomic E-state index is -1.87. The molecule has 4 saturated heterocycles. The van der Waals surface area contributed by atoms with Crippen LogP contribution in [0.5, 0.6) is 0 Å². The van der Waals surface area contributed by atoms with Crippen molar-refractivity contribution in [3.8, 4) is 0 Å². The number of ether oxygens (including phenoxy) is 10. The number of allylic oxidation sites excluding steroid dienone is 2. The van der Waals surface area contributed by atoms with Crippen molar-refractivity contribution in [1.29, 1.82) is 0 Å². The average Bonchev–Trinajstić information content (AvgIpc) is 3.83. The van der Waals surface area contributed by atoms with E-state index in [1.807, 2.05) is 39.0 Å². The summed E-state index contributed by atoms with van der Waals surface area (Å²) in [6, 6.07) is 6.59. The SMILES string of the molecule is CCC(C)[C@H]1O[C@]2(C=C[C@@H]1C)C[C@@H]1C[C@@H](C/C=C(\C)[C@@H](O[C@H]3C[C@H](OC)[C@@H](O[C@H]4C[C@H](OC)[C@H](ON5C(=O)c6ccccc6C5=O)[C@H](C)O4)[C@H](C)O3)[C@@H](C)/C=C/C=C3\CO[C@@H]4[C@H](O)C(C)=C[C@@H](C(=O)O1)[C@]34O)O2. The molecule has 2 amide bonds. The molecule has 400 valence electrons. The summed E-state index contributed by atoms with van der Waals surface area (Å²) in [5, 5.41) is 24.7. The number of nitrogens with zero attached hydrogens (tertiary/aromatic N) is 1. The van der Waals surface area contributed by atoms with Crippen molar-refractivity contribution in [2.24, 2.45) is 23.7 Å². The number of imide groups is 1. The summed E-state index contributed by atoms with van der Waals surface area (Å²) in [7, 11) is 3.16. The minimum Gasteiger partial charge on any atom is -0.462 e. The Morgan fingerprint density at radius 2 is 1.49 bits per heavy atom. The van der Waals surface area contributed by atoms with Crippen molar-refractivity contribution >= 4 is 17.8 Å². The molecule has 20 atom stereocenters. The first-order valence-corrected chi connectivity index (χ1v) is 26.2. The van der Waals surface area contributed by atoms with Crippen LogP contribution in [0.2, 0.25) is 0 Å². The van der Waals surface area contributed by atoms with E-state index in [1.165, 1.54) is 7.11 Å².